The summed E-state index contributed by atoms with van der Waals surface area (Å²) >= 11 is 1.57. The lowest BCUT2D eigenvalue weighted by Gasteiger charge is -2.23. The van der Waals surface area contributed by atoms with Gasteiger partial charge in [0, 0.05) is 36.3 Å². The van der Waals surface area contributed by atoms with E-state index in [1.807, 2.05) is 13.2 Å². The molecule has 0 bridgehead atoms. The molecule has 9 heteroatoms. The van der Waals surface area contributed by atoms with E-state index in [1.165, 1.54) is 10.9 Å². The van der Waals surface area contributed by atoms with Crippen LogP contribution in [0, 0.1) is 11.6 Å². The highest BCUT2D eigenvalue weighted by atomic mass is 32.1. The Balaban J connectivity index is 1.35. The first-order chi connectivity index (χ1) is 15.0. The van der Waals surface area contributed by atoms with Crippen LogP contribution in [0.5, 0.6) is 0 Å². The third kappa shape index (κ3) is 3.90. The largest absolute Gasteiger partial charge is 0.310 e. The molecule has 1 unspecified atom stereocenters. The van der Waals surface area contributed by atoms with Crippen LogP contribution in [-0.4, -0.2) is 25.4 Å². The Morgan fingerprint density at radius 3 is 2.90 bits per heavy atom. The number of aryl methyl sites for hydroxylation is 2. The standard InChI is InChI=1S/C22H21F2N5OS/c1-28-10-14(9-27-28)11-29-12-26-21-20(22(29)30)16-4-3-15(7-19(16)31-21)25-8-13-2-5-17(23)18(24)6-13/h2,5-6,9-10,12,15,25H,3-4,7-8,11H2,1H3. The van der Waals surface area contributed by atoms with Crippen molar-refractivity contribution in [3.05, 3.63) is 80.5 Å². The van der Waals surface area contributed by atoms with Crippen LogP contribution in [0.4, 0.5) is 8.78 Å². The van der Waals surface area contributed by atoms with Gasteiger partial charge in [0.25, 0.3) is 5.56 Å². The zero-order valence-electron chi connectivity index (χ0n) is 16.9. The zero-order chi connectivity index (χ0) is 21.5. The lowest BCUT2D eigenvalue weighted by atomic mass is 9.93. The van der Waals surface area contributed by atoms with Gasteiger partial charge in [-0.15, -0.1) is 11.3 Å². The van der Waals surface area contributed by atoms with Gasteiger partial charge in [0.15, 0.2) is 11.6 Å². The number of thiophene rings is 1. The van der Waals surface area contributed by atoms with Crippen LogP contribution in [0.15, 0.2) is 41.7 Å². The summed E-state index contributed by atoms with van der Waals surface area (Å²) < 4.78 is 29.9. The molecule has 0 spiro atoms. The molecule has 31 heavy (non-hydrogen) atoms. The highest BCUT2D eigenvalue weighted by Crippen LogP contribution is 2.33. The molecule has 3 heterocycles. The first kappa shape index (κ1) is 20.0. The summed E-state index contributed by atoms with van der Waals surface area (Å²) in [7, 11) is 1.85. The number of nitrogens with zero attached hydrogens (tertiary/aromatic N) is 4. The second-order valence-electron chi connectivity index (χ2n) is 7.95. The Labute approximate surface area is 181 Å². The molecule has 5 rings (SSSR count). The summed E-state index contributed by atoms with van der Waals surface area (Å²) in [6.45, 7) is 0.914. The number of aromatic nitrogens is 4. The van der Waals surface area contributed by atoms with Crippen molar-refractivity contribution in [1.29, 1.82) is 0 Å². The Morgan fingerprint density at radius 2 is 2.13 bits per heavy atom. The normalized spacial score (nSPS) is 16.0. The monoisotopic (exact) mass is 441 g/mol. The topological polar surface area (TPSA) is 64.7 Å². The van der Waals surface area contributed by atoms with Crippen LogP contribution >= 0.6 is 11.3 Å². The number of fused-ring (bicyclic) bond motifs is 3. The predicted molar refractivity (Wildman–Crippen MR) is 115 cm³/mol. The van der Waals surface area contributed by atoms with Crippen molar-refractivity contribution in [3.63, 3.8) is 0 Å². The maximum absolute atomic E-state index is 13.4. The van der Waals surface area contributed by atoms with E-state index in [0.717, 1.165) is 46.7 Å². The van der Waals surface area contributed by atoms with Gasteiger partial charge in [-0.2, -0.15) is 5.10 Å². The van der Waals surface area contributed by atoms with E-state index in [2.05, 4.69) is 15.4 Å². The molecule has 0 fully saturated rings. The van der Waals surface area contributed by atoms with Gasteiger partial charge in [-0.3, -0.25) is 14.0 Å². The van der Waals surface area contributed by atoms with Gasteiger partial charge < -0.3 is 5.32 Å². The fourth-order valence-electron chi connectivity index (χ4n) is 4.15. The molecule has 4 aromatic rings. The molecular formula is C22H21F2N5OS. The minimum Gasteiger partial charge on any atom is -0.310 e. The average Bonchev–Trinajstić information content (AvgIpc) is 3.33. The van der Waals surface area contributed by atoms with Crippen LogP contribution in [-0.2, 0) is 33.0 Å². The van der Waals surface area contributed by atoms with E-state index in [-0.39, 0.29) is 11.6 Å². The third-order valence-electron chi connectivity index (χ3n) is 5.73. The summed E-state index contributed by atoms with van der Waals surface area (Å²) in [4.78, 5) is 19.6. The molecule has 1 aliphatic rings. The summed E-state index contributed by atoms with van der Waals surface area (Å²) in [5.41, 5.74) is 2.75. The number of halogens is 2. The van der Waals surface area contributed by atoms with Crippen molar-refractivity contribution in [2.75, 3.05) is 0 Å². The fraction of sp³-hybridized carbons (Fsp3) is 0.318. The lowest BCUT2D eigenvalue weighted by Crippen LogP contribution is -2.33. The molecule has 1 aromatic carbocycles. The molecule has 0 radical (unpaired) electrons. The summed E-state index contributed by atoms with van der Waals surface area (Å²) in [5.74, 6) is -1.67. The van der Waals surface area contributed by atoms with Crippen LogP contribution < -0.4 is 10.9 Å². The van der Waals surface area contributed by atoms with Crippen LogP contribution in [0.1, 0.15) is 28.0 Å². The quantitative estimate of drug-likeness (QED) is 0.517. The Bertz CT molecular complexity index is 1330. The number of hydrogen-bond acceptors (Lipinski definition) is 5. The van der Waals surface area contributed by atoms with E-state index in [0.29, 0.717) is 18.7 Å². The van der Waals surface area contributed by atoms with Crippen molar-refractivity contribution in [2.24, 2.45) is 7.05 Å². The number of rotatable bonds is 5. The smallest absolute Gasteiger partial charge is 0.262 e. The van der Waals surface area contributed by atoms with Gasteiger partial charge in [0.05, 0.1) is 24.5 Å². The molecule has 6 nitrogen and oxygen atoms in total. The molecule has 1 N–H and O–H groups in total. The molecule has 1 aliphatic carbocycles. The molecule has 3 aromatic heterocycles. The Hall–Kier alpha value is -2.91. The minimum absolute atomic E-state index is 0.0143. The van der Waals surface area contributed by atoms with Gasteiger partial charge in [0.1, 0.15) is 4.83 Å². The maximum atomic E-state index is 13.4. The first-order valence-corrected chi connectivity index (χ1v) is 10.9. The van der Waals surface area contributed by atoms with Crippen molar-refractivity contribution in [1.82, 2.24) is 24.6 Å². The number of hydrogen-bond donors (Lipinski definition) is 1. The SMILES string of the molecule is Cn1cc(Cn2cnc3sc4c(c3c2=O)CCC(NCc2ccc(F)c(F)c2)C4)cn1. The molecule has 160 valence electrons. The van der Waals surface area contributed by atoms with Crippen LogP contribution in [0.3, 0.4) is 0 Å². The fourth-order valence-corrected chi connectivity index (χ4v) is 5.41. The van der Waals surface area contributed by atoms with Crippen LogP contribution in [0.2, 0.25) is 0 Å². The van der Waals surface area contributed by atoms with Crippen molar-refractivity contribution < 1.29 is 8.78 Å². The molecule has 0 saturated carbocycles. The number of benzene rings is 1. The van der Waals surface area contributed by atoms with E-state index in [4.69, 9.17) is 0 Å². The lowest BCUT2D eigenvalue weighted by molar-refractivity contribution is 0.459. The molecule has 0 aliphatic heterocycles. The molecular weight excluding hydrogens is 420 g/mol. The second kappa shape index (κ2) is 7.97. The predicted octanol–water partition coefficient (Wildman–Crippen LogP) is 3.17. The number of nitrogens with one attached hydrogen (secondary N) is 1. The second-order valence-corrected chi connectivity index (χ2v) is 9.04. The summed E-state index contributed by atoms with van der Waals surface area (Å²) in [6, 6.07) is 4.18. The molecule has 0 amide bonds. The van der Waals surface area contributed by atoms with E-state index in [1.54, 1.807) is 39.2 Å². The van der Waals surface area contributed by atoms with Crippen molar-refractivity contribution in [3.8, 4) is 0 Å². The highest BCUT2D eigenvalue weighted by molar-refractivity contribution is 7.18. The molecule has 1 atom stereocenters. The summed E-state index contributed by atoms with van der Waals surface area (Å²) in [6.07, 6.45) is 7.71. The summed E-state index contributed by atoms with van der Waals surface area (Å²) in [5, 5.41) is 8.32. The zero-order valence-corrected chi connectivity index (χ0v) is 17.8. The van der Waals surface area contributed by atoms with Gasteiger partial charge in [-0.25, -0.2) is 13.8 Å². The van der Waals surface area contributed by atoms with Crippen molar-refractivity contribution >= 4 is 21.6 Å². The van der Waals surface area contributed by atoms with Gasteiger partial charge in [-0.1, -0.05) is 6.07 Å². The molecule has 0 saturated heterocycles. The average molecular weight is 442 g/mol. The minimum atomic E-state index is -0.835. The van der Waals surface area contributed by atoms with Gasteiger partial charge in [0.2, 0.25) is 0 Å². The first-order valence-electron chi connectivity index (χ1n) is 10.1. The third-order valence-corrected chi connectivity index (χ3v) is 6.89. The van der Waals surface area contributed by atoms with E-state index < -0.39 is 11.6 Å². The van der Waals surface area contributed by atoms with E-state index in [9.17, 15) is 13.6 Å². The Morgan fingerprint density at radius 1 is 1.26 bits per heavy atom. The Kier molecular flexibility index (Phi) is 5.15. The van der Waals surface area contributed by atoms with Gasteiger partial charge in [-0.05, 0) is 42.5 Å². The van der Waals surface area contributed by atoms with E-state index >= 15 is 0 Å². The van der Waals surface area contributed by atoms with Crippen LogP contribution in [0.25, 0.3) is 10.2 Å². The van der Waals surface area contributed by atoms with Gasteiger partial charge >= 0.3 is 0 Å². The van der Waals surface area contributed by atoms with Crippen molar-refractivity contribution in [2.45, 2.75) is 38.4 Å². The maximum Gasteiger partial charge on any atom is 0.262 e. The highest BCUT2D eigenvalue weighted by Gasteiger charge is 2.25.